The first kappa shape index (κ1) is 33.2. The summed E-state index contributed by atoms with van der Waals surface area (Å²) in [5, 5.41) is 19.8. The Morgan fingerprint density at radius 1 is 0.949 bits per heavy atom. The molecule has 13 heteroatoms. The van der Waals surface area contributed by atoms with Crippen molar-refractivity contribution >= 4 is 30.2 Å². The second-order valence-electron chi connectivity index (χ2n) is 10.1. The number of nitrogens with two attached hydrogens (primary N) is 2. The molecular weight excluding hydrogens is 508 g/mol. The van der Waals surface area contributed by atoms with E-state index in [9.17, 15) is 29.1 Å². The number of benzene rings is 1. The minimum atomic E-state index is -0.976. The quantitative estimate of drug-likeness (QED) is 0.114. The molecule has 0 radical (unpaired) electrons. The first-order valence-electron chi connectivity index (χ1n) is 12.9. The highest BCUT2D eigenvalue weighted by molar-refractivity contribution is 5.90. The Bertz CT molecular complexity index is 949. The Kier molecular flexibility index (Phi) is 14.3. The number of carbonyl (C=O) groups excluding carboxylic acids is 5. The average molecular weight is 551 g/mol. The average Bonchev–Trinajstić information content (AvgIpc) is 2.84. The van der Waals surface area contributed by atoms with E-state index in [0.717, 1.165) is 5.56 Å². The summed E-state index contributed by atoms with van der Waals surface area (Å²) in [7, 11) is 0. The Hall–Kier alpha value is -3.87. The van der Waals surface area contributed by atoms with E-state index in [4.69, 9.17) is 16.2 Å². The lowest BCUT2D eigenvalue weighted by atomic mass is 10.0. The van der Waals surface area contributed by atoms with Gasteiger partial charge in [-0.25, -0.2) is 9.59 Å². The molecule has 0 aliphatic carbocycles. The number of aldehydes is 1. The third kappa shape index (κ3) is 15.2. The second kappa shape index (κ2) is 16.9. The molecule has 0 saturated heterocycles. The lowest BCUT2D eigenvalue weighted by Crippen LogP contribution is -2.53. The maximum absolute atomic E-state index is 13.1. The standard InChI is InChI=1S/C26H42N6O7/c1-26(2,3)39-25(38)30-13-5-4-8-21(32-22(35)20(27)7-6-14-29-24(28)37)23(36)31-18(16-33)15-17-9-11-19(34)12-10-17/h9-12,16,18,20-21,34H,4-8,13-15,27H2,1-3H3,(H,30,38)(H,31,36)(H,32,35)(H3,28,29,37)/t18-,20-,21-/m0/s1. The van der Waals surface area contributed by atoms with E-state index in [0.29, 0.717) is 32.1 Å². The summed E-state index contributed by atoms with van der Waals surface area (Å²) in [6, 6.07) is 2.80. The highest BCUT2D eigenvalue weighted by Crippen LogP contribution is 2.12. The third-order valence-corrected chi connectivity index (χ3v) is 5.43. The van der Waals surface area contributed by atoms with Gasteiger partial charge in [-0.15, -0.1) is 0 Å². The van der Waals surface area contributed by atoms with E-state index in [-0.39, 0.29) is 31.6 Å². The number of urea groups is 1. The summed E-state index contributed by atoms with van der Waals surface area (Å²) in [6.45, 7) is 5.83. The van der Waals surface area contributed by atoms with Crippen LogP contribution in [0.1, 0.15) is 58.4 Å². The Morgan fingerprint density at radius 3 is 2.18 bits per heavy atom. The molecule has 0 aromatic heterocycles. The van der Waals surface area contributed by atoms with Crippen LogP contribution in [0.5, 0.6) is 5.75 Å². The van der Waals surface area contributed by atoms with Crippen molar-refractivity contribution in [3.05, 3.63) is 29.8 Å². The SMILES string of the molecule is CC(C)(C)OC(=O)NCCCC[C@H](NC(=O)[C@@H](N)CCCNC(N)=O)C(=O)N[C@H](C=O)Cc1ccc(O)cc1. The number of nitrogens with one attached hydrogen (secondary N) is 4. The predicted octanol–water partition coefficient (Wildman–Crippen LogP) is 0.574. The number of ether oxygens (including phenoxy) is 1. The lowest BCUT2D eigenvalue weighted by Gasteiger charge is -2.23. The minimum absolute atomic E-state index is 0.0797. The summed E-state index contributed by atoms with van der Waals surface area (Å²) < 4.78 is 5.19. The topological polar surface area (TPSA) is 215 Å². The second-order valence-corrected chi connectivity index (χ2v) is 10.1. The number of unbranched alkanes of at least 4 members (excludes halogenated alkanes) is 1. The molecule has 0 aliphatic heterocycles. The molecular formula is C26H42N6O7. The Labute approximate surface area is 228 Å². The highest BCUT2D eigenvalue weighted by atomic mass is 16.6. The molecule has 0 bridgehead atoms. The molecule has 0 aliphatic rings. The number of rotatable bonds is 16. The molecule has 1 rings (SSSR count). The molecule has 39 heavy (non-hydrogen) atoms. The maximum atomic E-state index is 13.1. The number of carbonyl (C=O) groups is 5. The number of alkyl carbamates (subject to hydrolysis) is 1. The van der Waals surface area contributed by atoms with Crippen LogP contribution in [0, 0.1) is 0 Å². The van der Waals surface area contributed by atoms with Crippen LogP contribution in [-0.4, -0.2) is 72.1 Å². The molecule has 218 valence electrons. The van der Waals surface area contributed by atoms with E-state index in [1.165, 1.54) is 12.1 Å². The van der Waals surface area contributed by atoms with Gasteiger partial charge in [-0.2, -0.15) is 0 Å². The summed E-state index contributed by atoms with van der Waals surface area (Å²) in [5.41, 5.74) is 11.1. The number of amides is 5. The van der Waals surface area contributed by atoms with Gasteiger partial charge in [0.15, 0.2) is 0 Å². The van der Waals surface area contributed by atoms with Gasteiger partial charge >= 0.3 is 12.1 Å². The van der Waals surface area contributed by atoms with Crippen molar-refractivity contribution in [1.82, 2.24) is 21.3 Å². The molecule has 5 amide bonds. The zero-order chi connectivity index (χ0) is 29.4. The normalized spacial score (nSPS) is 13.3. The molecule has 0 spiro atoms. The van der Waals surface area contributed by atoms with E-state index < -0.39 is 47.7 Å². The van der Waals surface area contributed by atoms with Gasteiger partial charge in [0, 0.05) is 13.1 Å². The number of primary amides is 1. The monoisotopic (exact) mass is 550 g/mol. The first-order chi connectivity index (χ1) is 18.3. The van der Waals surface area contributed by atoms with Crippen LogP contribution in [0.3, 0.4) is 0 Å². The van der Waals surface area contributed by atoms with Gasteiger partial charge < -0.3 is 47.4 Å². The van der Waals surface area contributed by atoms with Crippen molar-refractivity contribution in [3.63, 3.8) is 0 Å². The number of phenols is 1. The summed E-state index contributed by atoms with van der Waals surface area (Å²) in [6.07, 6.45) is 2.11. The largest absolute Gasteiger partial charge is 0.508 e. The zero-order valence-electron chi connectivity index (χ0n) is 22.8. The fraction of sp³-hybridized carbons (Fsp3) is 0.577. The Morgan fingerprint density at radius 2 is 1.59 bits per heavy atom. The smallest absolute Gasteiger partial charge is 0.407 e. The minimum Gasteiger partial charge on any atom is -0.508 e. The van der Waals surface area contributed by atoms with Gasteiger partial charge in [0.25, 0.3) is 0 Å². The van der Waals surface area contributed by atoms with Crippen LogP contribution in [0.25, 0.3) is 0 Å². The lowest BCUT2D eigenvalue weighted by molar-refractivity contribution is -0.130. The van der Waals surface area contributed by atoms with Gasteiger partial charge in [-0.05, 0) is 77.0 Å². The van der Waals surface area contributed by atoms with Crippen molar-refractivity contribution in [2.45, 2.75) is 83.0 Å². The van der Waals surface area contributed by atoms with Crippen molar-refractivity contribution in [1.29, 1.82) is 0 Å². The van der Waals surface area contributed by atoms with E-state index in [1.807, 2.05) is 0 Å². The molecule has 0 unspecified atom stereocenters. The fourth-order valence-electron chi connectivity index (χ4n) is 3.49. The number of aromatic hydroxyl groups is 1. The summed E-state index contributed by atoms with van der Waals surface area (Å²) in [4.78, 5) is 60.0. The van der Waals surface area contributed by atoms with Crippen molar-refractivity contribution < 1.29 is 33.8 Å². The van der Waals surface area contributed by atoms with Crippen LogP contribution >= 0.6 is 0 Å². The molecule has 0 heterocycles. The first-order valence-corrected chi connectivity index (χ1v) is 12.9. The molecule has 3 atom stereocenters. The van der Waals surface area contributed by atoms with E-state index in [2.05, 4.69) is 21.3 Å². The van der Waals surface area contributed by atoms with Crippen LogP contribution < -0.4 is 32.7 Å². The molecule has 0 saturated carbocycles. The zero-order valence-corrected chi connectivity index (χ0v) is 22.8. The Balaban J connectivity index is 2.73. The molecule has 13 nitrogen and oxygen atoms in total. The molecule has 0 fully saturated rings. The highest BCUT2D eigenvalue weighted by Gasteiger charge is 2.25. The van der Waals surface area contributed by atoms with Crippen molar-refractivity contribution in [3.8, 4) is 5.75 Å². The van der Waals surface area contributed by atoms with Gasteiger partial charge in [0.2, 0.25) is 11.8 Å². The van der Waals surface area contributed by atoms with Gasteiger partial charge in [0.1, 0.15) is 23.7 Å². The number of hydrogen-bond donors (Lipinski definition) is 7. The van der Waals surface area contributed by atoms with Crippen LogP contribution in [0.15, 0.2) is 24.3 Å². The fourth-order valence-corrected chi connectivity index (χ4v) is 3.49. The van der Waals surface area contributed by atoms with Crippen LogP contribution in [0.2, 0.25) is 0 Å². The van der Waals surface area contributed by atoms with Gasteiger partial charge in [-0.3, -0.25) is 9.59 Å². The molecule has 9 N–H and O–H groups in total. The third-order valence-electron chi connectivity index (χ3n) is 5.43. The van der Waals surface area contributed by atoms with E-state index >= 15 is 0 Å². The van der Waals surface area contributed by atoms with Crippen molar-refractivity contribution in [2.24, 2.45) is 11.5 Å². The van der Waals surface area contributed by atoms with Gasteiger partial charge in [-0.1, -0.05) is 12.1 Å². The predicted molar refractivity (Wildman–Crippen MR) is 145 cm³/mol. The summed E-state index contributed by atoms with van der Waals surface area (Å²) in [5.74, 6) is -1.03. The molecule has 1 aromatic carbocycles. The van der Waals surface area contributed by atoms with Crippen LogP contribution in [-0.2, 0) is 25.5 Å². The summed E-state index contributed by atoms with van der Waals surface area (Å²) >= 11 is 0. The number of hydrogen-bond acceptors (Lipinski definition) is 8. The molecule has 1 aromatic rings. The van der Waals surface area contributed by atoms with Crippen molar-refractivity contribution in [2.75, 3.05) is 13.1 Å². The van der Waals surface area contributed by atoms with E-state index in [1.54, 1.807) is 32.9 Å². The van der Waals surface area contributed by atoms with Gasteiger partial charge in [0.05, 0.1) is 12.1 Å². The van der Waals surface area contributed by atoms with Crippen LogP contribution in [0.4, 0.5) is 9.59 Å². The number of phenolic OH excluding ortho intramolecular Hbond substituents is 1. The maximum Gasteiger partial charge on any atom is 0.407 e.